The van der Waals surface area contributed by atoms with E-state index in [4.69, 9.17) is 4.52 Å². The van der Waals surface area contributed by atoms with E-state index < -0.39 is 0 Å². The second-order valence-corrected chi connectivity index (χ2v) is 7.05. The van der Waals surface area contributed by atoms with Gasteiger partial charge in [-0.1, -0.05) is 38.8 Å². The van der Waals surface area contributed by atoms with Crippen LogP contribution in [0, 0.1) is 11.8 Å². The van der Waals surface area contributed by atoms with E-state index in [1.807, 2.05) is 0 Å². The third kappa shape index (κ3) is 5.11. The molecule has 2 rings (SSSR count). The molecule has 21 heavy (non-hydrogen) atoms. The highest BCUT2D eigenvalue weighted by Gasteiger charge is 2.25. The van der Waals surface area contributed by atoms with Gasteiger partial charge in [-0.2, -0.15) is 0 Å². The molecule has 0 aliphatic heterocycles. The van der Waals surface area contributed by atoms with Gasteiger partial charge in [0.25, 0.3) is 0 Å². The molecule has 0 radical (unpaired) electrons. The SMILES string of the molecule is CC(C)CNCc1cc(CN(C)C2CCCCC2C)on1. The third-order valence-corrected chi connectivity index (χ3v) is 4.50. The average Bonchev–Trinajstić information content (AvgIpc) is 2.86. The van der Waals surface area contributed by atoms with E-state index in [0.29, 0.717) is 12.0 Å². The lowest BCUT2D eigenvalue weighted by molar-refractivity contribution is 0.122. The van der Waals surface area contributed by atoms with E-state index in [2.05, 4.69) is 49.3 Å². The first-order chi connectivity index (χ1) is 10.1. The summed E-state index contributed by atoms with van der Waals surface area (Å²) in [6.45, 7) is 9.48. The zero-order valence-electron chi connectivity index (χ0n) is 14.1. The Bertz CT molecular complexity index is 416. The largest absolute Gasteiger partial charge is 0.360 e. The molecule has 2 unspecified atom stereocenters. The summed E-state index contributed by atoms with van der Waals surface area (Å²) in [5.41, 5.74) is 1.01. The zero-order valence-corrected chi connectivity index (χ0v) is 14.1. The van der Waals surface area contributed by atoms with E-state index in [1.54, 1.807) is 0 Å². The van der Waals surface area contributed by atoms with Crippen LogP contribution in [0.15, 0.2) is 10.6 Å². The fourth-order valence-electron chi connectivity index (χ4n) is 3.32. The molecule has 1 aromatic rings. The summed E-state index contributed by atoms with van der Waals surface area (Å²) >= 11 is 0. The van der Waals surface area contributed by atoms with Crippen LogP contribution < -0.4 is 5.32 Å². The summed E-state index contributed by atoms with van der Waals surface area (Å²) in [7, 11) is 2.21. The lowest BCUT2D eigenvalue weighted by Crippen LogP contribution is -2.38. The van der Waals surface area contributed by atoms with Crippen molar-refractivity contribution in [3.63, 3.8) is 0 Å². The minimum Gasteiger partial charge on any atom is -0.360 e. The van der Waals surface area contributed by atoms with Crippen molar-refractivity contribution in [2.45, 2.75) is 65.6 Å². The molecule has 0 aromatic carbocycles. The van der Waals surface area contributed by atoms with Gasteiger partial charge in [-0.15, -0.1) is 0 Å². The van der Waals surface area contributed by atoms with Crippen LogP contribution in [-0.4, -0.2) is 29.7 Å². The van der Waals surface area contributed by atoms with Gasteiger partial charge >= 0.3 is 0 Å². The van der Waals surface area contributed by atoms with Crippen LogP contribution in [0.2, 0.25) is 0 Å². The predicted molar refractivity (Wildman–Crippen MR) is 85.9 cm³/mol. The minimum absolute atomic E-state index is 0.662. The summed E-state index contributed by atoms with van der Waals surface area (Å²) in [5, 5.41) is 7.57. The highest BCUT2D eigenvalue weighted by Crippen LogP contribution is 2.28. The van der Waals surface area contributed by atoms with Crippen molar-refractivity contribution in [2.24, 2.45) is 11.8 Å². The highest BCUT2D eigenvalue weighted by atomic mass is 16.5. The molecule has 1 heterocycles. The standard InChI is InChI=1S/C17H31N3O/c1-13(2)10-18-11-15-9-16(21-19-15)12-20(4)17-8-6-5-7-14(17)3/h9,13-14,17-18H,5-8,10-12H2,1-4H3. The molecule has 0 amide bonds. The molecule has 0 spiro atoms. The minimum atomic E-state index is 0.662. The zero-order chi connectivity index (χ0) is 15.2. The number of aromatic nitrogens is 1. The van der Waals surface area contributed by atoms with Crippen molar-refractivity contribution in [1.29, 1.82) is 0 Å². The van der Waals surface area contributed by atoms with Crippen LogP contribution >= 0.6 is 0 Å². The number of hydrogen-bond donors (Lipinski definition) is 1. The van der Waals surface area contributed by atoms with Crippen molar-refractivity contribution in [1.82, 2.24) is 15.4 Å². The molecule has 0 saturated heterocycles. The Hall–Kier alpha value is -0.870. The molecule has 4 heteroatoms. The molecule has 1 aliphatic carbocycles. The van der Waals surface area contributed by atoms with Gasteiger partial charge in [0.2, 0.25) is 0 Å². The Kier molecular flexibility index (Phi) is 6.24. The van der Waals surface area contributed by atoms with Gasteiger partial charge in [-0.05, 0) is 38.3 Å². The Balaban J connectivity index is 1.81. The quantitative estimate of drug-likeness (QED) is 0.836. The van der Waals surface area contributed by atoms with E-state index >= 15 is 0 Å². The summed E-state index contributed by atoms with van der Waals surface area (Å²) in [5.74, 6) is 2.44. The van der Waals surface area contributed by atoms with Crippen LogP contribution in [0.25, 0.3) is 0 Å². The maximum absolute atomic E-state index is 5.49. The molecule has 1 fully saturated rings. The first kappa shape index (κ1) is 16.5. The van der Waals surface area contributed by atoms with Crippen LogP contribution in [0.5, 0.6) is 0 Å². The summed E-state index contributed by atoms with van der Waals surface area (Å²) < 4.78 is 5.49. The molecule has 1 N–H and O–H groups in total. The molecular formula is C17H31N3O. The number of hydrogen-bond acceptors (Lipinski definition) is 4. The van der Waals surface area contributed by atoms with Crippen LogP contribution in [0.4, 0.5) is 0 Å². The molecule has 1 aromatic heterocycles. The topological polar surface area (TPSA) is 41.3 Å². The number of nitrogens with one attached hydrogen (secondary N) is 1. The van der Waals surface area contributed by atoms with Crippen molar-refractivity contribution in [3.05, 3.63) is 17.5 Å². The maximum Gasteiger partial charge on any atom is 0.151 e. The van der Waals surface area contributed by atoms with Crippen molar-refractivity contribution in [2.75, 3.05) is 13.6 Å². The Morgan fingerprint density at radius 1 is 1.38 bits per heavy atom. The van der Waals surface area contributed by atoms with Crippen LogP contribution in [0.1, 0.15) is 57.9 Å². The first-order valence-electron chi connectivity index (χ1n) is 8.41. The van der Waals surface area contributed by atoms with E-state index in [9.17, 15) is 0 Å². The van der Waals surface area contributed by atoms with Gasteiger partial charge in [-0.3, -0.25) is 4.90 Å². The Labute approximate surface area is 129 Å². The van der Waals surface area contributed by atoms with Crippen molar-refractivity contribution < 1.29 is 4.52 Å². The fourth-order valence-corrected chi connectivity index (χ4v) is 3.32. The average molecular weight is 293 g/mol. The highest BCUT2D eigenvalue weighted by molar-refractivity contribution is 5.05. The first-order valence-corrected chi connectivity index (χ1v) is 8.41. The van der Waals surface area contributed by atoms with Gasteiger partial charge in [0, 0.05) is 18.7 Å². The number of rotatable bonds is 7. The molecule has 4 nitrogen and oxygen atoms in total. The third-order valence-electron chi connectivity index (χ3n) is 4.50. The van der Waals surface area contributed by atoms with E-state index in [-0.39, 0.29) is 0 Å². The predicted octanol–water partition coefficient (Wildman–Crippen LogP) is 3.43. The Morgan fingerprint density at radius 2 is 2.14 bits per heavy atom. The van der Waals surface area contributed by atoms with Crippen molar-refractivity contribution >= 4 is 0 Å². The molecule has 1 saturated carbocycles. The van der Waals surface area contributed by atoms with Gasteiger partial charge in [0.15, 0.2) is 5.76 Å². The van der Waals surface area contributed by atoms with Crippen molar-refractivity contribution in [3.8, 4) is 0 Å². The van der Waals surface area contributed by atoms with Crippen LogP contribution in [-0.2, 0) is 13.1 Å². The van der Waals surface area contributed by atoms with E-state index in [0.717, 1.165) is 37.0 Å². The second kappa shape index (κ2) is 7.95. The smallest absolute Gasteiger partial charge is 0.151 e. The molecule has 0 bridgehead atoms. The Morgan fingerprint density at radius 3 is 2.86 bits per heavy atom. The molecule has 1 aliphatic rings. The number of nitrogens with zero attached hydrogens (tertiary/aromatic N) is 2. The summed E-state index contributed by atoms with van der Waals surface area (Å²) in [4.78, 5) is 2.44. The lowest BCUT2D eigenvalue weighted by atomic mass is 9.85. The summed E-state index contributed by atoms with van der Waals surface area (Å²) in [6, 6.07) is 2.78. The molecule has 120 valence electrons. The van der Waals surface area contributed by atoms with Gasteiger partial charge < -0.3 is 9.84 Å². The normalized spacial score (nSPS) is 23.1. The monoisotopic (exact) mass is 293 g/mol. The van der Waals surface area contributed by atoms with Gasteiger partial charge in [0.05, 0.1) is 12.2 Å². The van der Waals surface area contributed by atoms with E-state index in [1.165, 1.54) is 25.7 Å². The lowest BCUT2D eigenvalue weighted by Gasteiger charge is -2.35. The summed E-state index contributed by atoms with van der Waals surface area (Å²) in [6.07, 6.45) is 5.42. The van der Waals surface area contributed by atoms with Crippen LogP contribution in [0.3, 0.4) is 0 Å². The molecular weight excluding hydrogens is 262 g/mol. The fraction of sp³-hybridized carbons (Fsp3) is 0.824. The second-order valence-electron chi connectivity index (χ2n) is 7.05. The molecule has 2 atom stereocenters. The maximum atomic E-state index is 5.49. The van der Waals surface area contributed by atoms with Gasteiger partial charge in [-0.25, -0.2) is 0 Å². The van der Waals surface area contributed by atoms with Gasteiger partial charge in [0.1, 0.15) is 0 Å².